The number of aromatic nitrogens is 1. The lowest BCUT2D eigenvalue weighted by Crippen LogP contribution is -2.19. The summed E-state index contributed by atoms with van der Waals surface area (Å²) in [6.45, 7) is 3.45. The van der Waals surface area contributed by atoms with Crippen molar-refractivity contribution in [2.24, 2.45) is 0 Å². The van der Waals surface area contributed by atoms with Gasteiger partial charge in [0.15, 0.2) is 0 Å². The zero-order valence-electron chi connectivity index (χ0n) is 11.4. The molecular formula is C15H17ClN2O2. The Morgan fingerprint density at radius 1 is 1.40 bits per heavy atom. The van der Waals surface area contributed by atoms with Crippen molar-refractivity contribution in [3.05, 3.63) is 41.0 Å². The van der Waals surface area contributed by atoms with Gasteiger partial charge < -0.3 is 10.1 Å². The molecule has 0 radical (unpaired) electrons. The van der Waals surface area contributed by atoms with Crippen molar-refractivity contribution in [1.29, 1.82) is 0 Å². The fraction of sp³-hybridized carbons (Fsp3) is 0.333. The number of esters is 1. The number of rotatable bonds is 6. The SMILES string of the molecule is CCOC(=O)CCNCc1ccc(Cl)c2cccnc12. The molecule has 0 atom stereocenters. The van der Waals surface area contributed by atoms with Crippen LogP contribution >= 0.6 is 11.6 Å². The summed E-state index contributed by atoms with van der Waals surface area (Å²) in [5.74, 6) is -0.181. The van der Waals surface area contributed by atoms with Gasteiger partial charge in [-0.05, 0) is 30.7 Å². The number of halogens is 1. The van der Waals surface area contributed by atoms with E-state index in [1.165, 1.54) is 0 Å². The van der Waals surface area contributed by atoms with Gasteiger partial charge in [-0.1, -0.05) is 17.7 Å². The largest absolute Gasteiger partial charge is 0.466 e. The third-order valence-electron chi connectivity index (χ3n) is 2.93. The predicted molar refractivity (Wildman–Crippen MR) is 79.7 cm³/mol. The Balaban J connectivity index is 1.97. The molecule has 4 nitrogen and oxygen atoms in total. The maximum absolute atomic E-state index is 11.2. The van der Waals surface area contributed by atoms with Crippen LogP contribution < -0.4 is 5.32 Å². The molecule has 20 heavy (non-hydrogen) atoms. The van der Waals surface area contributed by atoms with Gasteiger partial charge in [0.2, 0.25) is 0 Å². The van der Waals surface area contributed by atoms with Crippen LogP contribution in [0.2, 0.25) is 5.02 Å². The highest BCUT2D eigenvalue weighted by Gasteiger charge is 2.06. The van der Waals surface area contributed by atoms with Crippen LogP contribution in [0.4, 0.5) is 0 Å². The zero-order valence-corrected chi connectivity index (χ0v) is 12.1. The van der Waals surface area contributed by atoms with E-state index in [1.54, 1.807) is 13.1 Å². The smallest absolute Gasteiger partial charge is 0.307 e. The number of nitrogens with one attached hydrogen (secondary N) is 1. The summed E-state index contributed by atoms with van der Waals surface area (Å²) in [5.41, 5.74) is 1.96. The molecule has 2 aromatic rings. The number of hydrogen-bond donors (Lipinski definition) is 1. The number of carbonyl (C=O) groups excluding carboxylic acids is 1. The predicted octanol–water partition coefficient (Wildman–Crippen LogP) is 2.93. The molecule has 0 aliphatic heterocycles. The first-order chi connectivity index (χ1) is 9.72. The lowest BCUT2D eigenvalue weighted by molar-refractivity contribution is -0.142. The molecule has 0 saturated heterocycles. The van der Waals surface area contributed by atoms with Crippen LogP contribution in [0.25, 0.3) is 10.9 Å². The molecule has 0 aliphatic carbocycles. The molecule has 1 aromatic heterocycles. The Kier molecular flexibility index (Phi) is 5.32. The highest BCUT2D eigenvalue weighted by Crippen LogP contribution is 2.24. The van der Waals surface area contributed by atoms with Crippen molar-refractivity contribution < 1.29 is 9.53 Å². The van der Waals surface area contributed by atoms with Gasteiger partial charge in [0.25, 0.3) is 0 Å². The molecular weight excluding hydrogens is 276 g/mol. The summed E-state index contributed by atoms with van der Waals surface area (Å²) < 4.78 is 4.87. The first kappa shape index (κ1) is 14.8. The second-order valence-corrected chi connectivity index (χ2v) is 4.75. The summed E-state index contributed by atoms with van der Waals surface area (Å²) >= 11 is 6.15. The van der Waals surface area contributed by atoms with Crippen molar-refractivity contribution in [3.63, 3.8) is 0 Å². The van der Waals surface area contributed by atoms with Gasteiger partial charge in [-0.25, -0.2) is 0 Å². The molecule has 0 unspecified atom stereocenters. The van der Waals surface area contributed by atoms with Crippen molar-refractivity contribution in [3.8, 4) is 0 Å². The topological polar surface area (TPSA) is 51.2 Å². The van der Waals surface area contributed by atoms with Gasteiger partial charge in [0.05, 0.1) is 18.5 Å². The maximum atomic E-state index is 11.2. The minimum absolute atomic E-state index is 0.181. The molecule has 1 heterocycles. The van der Waals surface area contributed by atoms with E-state index < -0.39 is 0 Å². The highest BCUT2D eigenvalue weighted by molar-refractivity contribution is 6.35. The fourth-order valence-corrected chi connectivity index (χ4v) is 2.20. The number of ether oxygens (including phenoxy) is 1. The second kappa shape index (κ2) is 7.22. The van der Waals surface area contributed by atoms with Crippen molar-refractivity contribution in [2.45, 2.75) is 19.9 Å². The summed E-state index contributed by atoms with van der Waals surface area (Å²) in [6, 6.07) is 7.64. The average Bonchev–Trinajstić information content (AvgIpc) is 2.46. The molecule has 0 aliphatic rings. The third kappa shape index (κ3) is 3.68. The maximum Gasteiger partial charge on any atom is 0.307 e. The minimum atomic E-state index is -0.181. The quantitative estimate of drug-likeness (QED) is 0.657. The Morgan fingerprint density at radius 3 is 3.05 bits per heavy atom. The molecule has 1 aromatic carbocycles. The lowest BCUT2D eigenvalue weighted by Gasteiger charge is -2.08. The van der Waals surface area contributed by atoms with Gasteiger partial charge in [0.1, 0.15) is 0 Å². The van der Waals surface area contributed by atoms with Crippen LogP contribution in [0.5, 0.6) is 0 Å². The molecule has 106 valence electrons. The number of nitrogens with zero attached hydrogens (tertiary/aromatic N) is 1. The Labute approximate surface area is 123 Å². The molecule has 1 N–H and O–H groups in total. The normalized spacial score (nSPS) is 10.7. The monoisotopic (exact) mass is 292 g/mol. The van der Waals surface area contributed by atoms with E-state index in [-0.39, 0.29) is 5.97 Å². The van der Waals surface area contributed by atoms with E-state index in [0.717, 1.165) is 16.5 Å². The van der Waals surface area contributed by atoms with Crippen molar-refractivity contribution in [1.82, 2.24) is 10.3 Å². The van der Waals surface area contributed by atoms with E-state index in [0.29, 0.717) is 31.1 Å². The number of carbonyl (C=O) groups is 1. The Bertz CT molecular complexity index is 601. The summed E-state index contributed by atoms with van der Waals surface area (Å²) in [5, 5.41) is 4.86. The molecule has 0 amide bonds. The van der Waals surface area contributed by atoms with Gasteiger partial charge in [-0.3, -0.25) is 9.78 Å². The van der Waals surface area contributed by atoms with Crippen molar-refractivity contribution >= 4 is 28.5 Å². The summed E-state index contributed by atoms with van der Waals surface area (Å²) in [7, 11) is 0. The third-order valence-corrected chi connectivity index (χ3v) is 3.26. The van der Waals surface area contributed by atoms with E-state index >= 15 is 0 Å². The molecule has 0 bridgehead atoms. The Hall–Kier alpha value is -1.65. The highest BCUT2D eigenvalue weighted by atomic mass is 35.5. The Morgan fingerprint density at radius 2 is 2.25 bits per heavy atom. The van der Waals surface area contributed by atoms with Gasteiger partial charge in [-0.2, -0.15) is 0 Å². The van der Waals surface area contributed by atoms with Crippen LogP contribution in [0.15, 0.2) is 30.5 Å². The molecule has 0 spiro atoms. The van der Waals surface area contributed by atoms with E-state index in [2.05, 4.69) is 10.3 Å². The molecule has 0 saturated carbocycles. The lowest BCUT2D eigenvalue weighted by atomic mass is 10.1. The first-order valence-corrected chi connectivity index (χ1v) is 6.98. The van der Waals surface area contributed by atoms with E-state index in [9.17, 15) is 4.79 Å². The standard InChI is InChI=1S/C15H17ClN2O2/c1-2-20-14(19)7-9-17-10-11-5-6-13(16)12-4-3-8-18-15(11)12/h3-6,8,17H,2,7,9-10H2,1H3. The second-order valence-electron chi connectivity index (χ2n) is 4.34. The van der Waals surface area contributed by atoms with Gasteiger partial charge in [0, 0.05) is 29.7 Å². The van der Waals surface area contributed by atoms with Crippen LogP contribution in [0.1, 0.15) is 18.9 Å². The molecule has 5 heteroatoms. The first-order valence-electron chi connectivity index (χ1n) is 6.61. The van der Waals surface area contributed by atoms with E-state index in [4.69, 9.17) is 16.3 Å². The van der Waals surface area contributed by atoms with Crippen LogP contribution in [0, 0.1) is 0 Å². The summed E-state index contributed by atoms with van der Waals surface area (Å²) in [6.07, 6.45) is 2.12. The summed E-state index contributed by atoms with van der Waals surface area (Å²) in [4.78, 5) is 15.6. The van der Waals surface area contributed by atoms with Crippen LogP contribution in [-0.2, 0) is 16.1 Å². The van der Waals surface area contributed by atoms with Crippen molar-refractivity contribution in [2.75, 3.05) is 13.2 Å². The van der Waals surface area contributed by atoms with Gasteiger partial charge in [-0.15, -0.1) is 0 Å². The molecule has 0 fully saturated rings. The minimum Gasteiger partial charge on any atom is -0.466 e. The zero-order chi connectivity index (χ0) is 14.4. The number of hydrogen-bond acceptors (Lipinski definition) is 4. The van der Waals surface area contributed by atoms with Crippen LogP contribution in [0.3, 0.4) is 0 Å². The number of fused-ring (bicyclic) bond motifs is 1. The van der Waals surface area contributed by atoms with Crippen LogP contribution in [-0.4, -0.2) is 24.1 Å². The molecule has 2 rings (SSSR count). The van der Waals surface area contributed by atoms with Gasteiger partial charge >= 0.3 is 5.97 Å². The average molecular weight is 293 g/mol. The number of pyridine rings is 1. The fourth-order valence-electron chi connectivity index (χ4n) is 1.99. The van der Waals surface area contributed by atoms with E-state index in [1.807, 2.05) is 24.3 Å². The number of benzene rings is 1.